The molecule has 9 heteroatoms. The minimum atomic E-state index is -0.282. The number of nitrogens with one attached hydrogen (secondary N) is 2. The number of carbonyl (C=O) groups excluding carboxylic acids is 1. The number of fused-ring (bicyclic) bond motifs is 1. The summed E-state index contributed by atoms with van der Waals surface area (Å²) in [6.45, 7) is 2.85. The van der Waals surface area contributed by atoms with E-state index in [1.54, 1.807) is 37.4 Å². The fraction of sp³-hybridized carbons (Fsp3) is 0.286. The number of H-pyrrole nitrogens is 1. The lowest BCUT2D eigenvalue weighted by molar-refractivity contribution is 0.0940. The standard InChI is InChI=1S/C21H21Cl2N3O3S/c1-12(13-5-7-16(22)17(23)10-13)24-19(27)14-4-6-15-18(11-14)25-21(30)26(20(15)28)8-3-9-29-2/h4-7,10-12H,3,8-9H2,1-2H3,(H,24,27)(H,25,30). The Morgan fingerprint density at radius 3 is 2.70 bits per heavy atom. The van der Waals surface area contributed by atoms with Gasteiger partial charge in [0.2, 0.25) is 0 Å². The summed E-state index contributed by atoms with van der Waals surface area (Å²) < 4.78 is 6.84. The Labute approximate surface area is 188 Å². The van der Waals surface area contributed by atoms with E-state index in [1.165, 1.54) is 4.57 Å². The van der Waals surface area contributed by atoms with Crippen LogP contribution in [-0.4, -0.2) is 29.2 Å². The zero-order valence-electron chi connectivity index (χ0n) is 16.5. The van der Waals surface area contributed by atoms with Crippen LogP contribution in [0.3, 0.4) is 0 Å². The summed E-state index contributed by atoms with van der Waals surface area (Å²) in [5.41, 5.74) is 1.57. The lowest BCUT2D eigenvalue weighted by atomic mass is 10.1. The molecular weight excluding hydrogens is 445 g/mol. The van der Waals surface area contributed by atoms with Gasteiger partial charge in [-0.1, -0.05) is 29.3 Å². The van der Waals surface area contributed by atoms with Crippen molar-refractivity contribution in [2.45, 2.75) is 25.9 Å². The maximum absolute atomic E-state index is 12.8. The Balaban J connectivity index is 1.84. The Morgan fingerprint density at radius 1 is 1.23 bits per heavy atom. The van der Waals surface area contributed by atoms with E-state index in [0.717, 1.165) is 5.56 Å². The normalized spacial score (nSPS) is 12.1. The van der Waals surface area contributed by atoms with Gasteiger partial charge in [0.1, 0.15) is 0 Å². The number of nitrogens with zero attached hydrogens (tertiary/aromatic N) is 1. The zero-order valence-corrected chi connectivity index (χ0v) is 18.8. The van der Waals surface area contributed by atoms with Gasteiger partial charge in [-0.3, -0.25) is 14.2 Å². The predicted molar refractivity (Wildman–Crippen MR) is 122 cm³/mol. The molecule has 0 radical (unpaired) electrons. The van der Waals surface area contributed by atoms with Crippen LogP contribution in [-0.2, 0) is 11.3 Å². The first-order chi connectivity index (χ1) is 14.3. The van der Waals surface area contributed by atoms with E-state index in [2.05, 4.69) is 10.3 Å². The molecule has 0 aliphatic heterocycles. The Kier molecular flexibility index (Phi) is 7.31. The number of ether oxygens (including phenoxy) is 1. The maximum atomic E-state index is 12.8. The van der Waals surface area contributed by atoms with Crippen molar-refractivity contribution in [2.24, 2.45) is 0 Å². The van der Waals surface area contributed by atoms with Crippen molar-refractivity contribution in [3.63, 3.8) is 0 Å². The monoisotopic (exact) mass is 465 g/mol. The largest absolute Gasteiger partial charge is 0.385 e. The summed E-state index contributed by atoms with van der Waals surface area (Å²) >= 11 is 17.3. The molecule has 1 aromatic heterocycles. The molecule has 1 unspecified atom stereocenters. The number of amides is 1. The average molecular weight is 466 g/mol. The third-order valence-electron chi connectivity index (χ3n) is 4.77. The molecule has 30 heavy (non-hydrogen) atoms. The highest BCUT2D eigenvalue weighted by atomic mass is 35.5. The predicted octanol–water partition coefficient (Wildman–Crippen LogP) is 4.89. The quantitative estimate of drug-likeness (QED) is 0.384. The Bertz CT molecular complexity index is 1210. The van der Waals surface area contributed by atoms with E-state index in [9.17, 15) is 9.59 Å². The number of methoxy groups -OCH3 is 1. The first-order valence-electron chi connectivity index (χ1n) is 9.33. The van der Waals surface area contributed by atoms with Gasteiger partial charge in [0.25, 0.3) is 11.5 Å². The van der Waals surface area contributed by atoms with Crippen LogP contribution in [0.15, 0.2) is 41.2 Å². The van der Waals surface area contributed by atoms with Crippen molar-refractivity contribution in [1.29, 1.82) is 0 Å². The highest BCUT2D eigenvalue weighted by molar-refractivity contribution is 7.71. The van der Waals surface area contributed by atoms with Crippen LogP contribution in [0, 0.1) is 4.77 Å². The van der Waals surface area contributed by atoms with Crippen LogP contribution in [0.5, 0.6) is 0 Å². The van der Waals surface area contributed by atoms with Crippen LogP contribution in [0.1, 0.15) is 35.3 Å². The molecule has 1 amide bonds. The summed E-state index contributed by atoms with van der Waals surface area (Å²) in [4.78, 5) is 28.5. The van der Waals surface area contributed by atoms with Crippen molar-refractivity contribution in [3.8, 4) is 0 Å². The molecule has 0 bridgehead atoms. The molecule has 1 atom stereocenters. The van der Waals surface area contributed by atoms with Gasteiger partial charge >= 0.3 is 0 Å². The van der Waals surface area contributed by atoms with Gasteiger partial charge in [0.05, 0.1) is 27.0 Å². The number of hydrogen-bond acceptors (Lipinski definition) is 4. The van der Waals surface area contributed by atoms with E-state index in [1.807, 2.05) is 13.0 Å². The summed E-state index contributed by atoms with van der Waals surface area (Å²) in [5, 5.41) is 4.27. The van der Waals surface area contributed by atoms with Crippen LogP contribution in [0.25, 0.3) is 10.9 Å². The fourth-order valence-electron chi connectivity index (χ4n) is 3.11. The molecule has 3 aromatic rings. The number of hydrogen-bond donors (Lipinski definition) is 2. The number of benzene rings is 2. The molecule has 6 nitrogen and oxygen atoms in total. The number of aromatic amines is 1. The first-order valence-corrected chi connectivity index (χ1v) is 10.5. The lowest BCUT2D eigenvalue weighted by Gasteiger charge is -2.15. The minimum absolute atomic E-state index is 0.194. The van der Waals surface area contributed by atoms with E-state index in [0.29, 0.717) is 50.9 Å². The van der Waals surface area contributed by atoms with Gasteiger partial charge < -0.3 is 15.0 Å². The Hall–Kier alpha value is -2.19. The smallest absolute Gasteiger partial charge is 0.262 e. The van der Waals surface area contributed by atoms with E-state index < -0.39 is 0 Å². The topological polar surface area (TPSA) is 76.1 Å². The minimum Gasteiger partial charge on any atom is -0.385 e. The molecule has 3 rings (SSSR count). The van der Waals surface area contributed by atoms with Gasteiger partial charge in [0.15, 0.2) is 4.77 Å². The molecule has 0 aliphatic carbocycles. The van der Waals surface area contributed by atoms with Gasteiger partial charge in [-0.05, 0) is 61.5 Å². The molecule has 1 heterocycles. The van der Waals surface area contributed by atoms with Crippen molar-refractivity contribution in [1.82, 2.24) is 14.9 Å². The fourth-order valence-corrected chi connectivity index (χ4v) is 3.70. The van der Waals surface area contributed by atoms with Gasteiger partial charge in [-0.2, -0.15) is 0 Å². The van der Waals surface area contributed by atoms with E-state index in [-0.39, 0.29) is 17.5 Å². The summed E-state index contributed by atoms with van der Waals surface area (Å²) in [6.07, 6.45) is 0.673. The first kappa shape index (κ1) is 22.5. The number of aromatic nitrogens is 2. The maximum Gasteiger partial charge on any atom is 0.262 e. The second-order valence-corrected chi connectivity index (χ2v) is 8.06. The van der Waals surface area contributed by atoms with Crippen LogP contribution in [0.2, 0.25) is 10.0 Å². The summed E-state index contributed by atoms with van der Waals surface area (Å²) in [7, 11) is 1.61. The van der Waals surface area contributed by atoms with Gasteiger partial charge in [-0.25, -0.2) is 0 Å². The Morgan fingerprint density at radius 2 is 2.00 bits per heavy atom. The number of carbonyl (C=O) groups is 1. The van der Waals surface area contributed by atoms with Crippen molar-refractivity contribution in [2.75, 3.05) is 13.7 Å². The van der Waals surface area contributed by atoms with E-state index in [4.69, 9.17) is 40.2 Å². The molecule has 2 aromatic carbocycles. The third kappa shape index (κ3) is 4.92. The van der Waals surface area contributed by atoms with Crippen molar-refractivity contribution in [3.05, 3.63) is 72.7 Å². The van der Waals surface area contributed by atoms with Crippen LogP contribution < -0.4 is 10.9 Å². The van der Waals surface area contributed by atoms with Crippen LogP contribution >= 0.6 is 35.4 Å². The number of rotatable bonds is 7. The zero-order chi connectivity index (χ0) is 21.8. The molecular formula is C21H21Cl2N3O3S. The van der Waals surface area contributed by atoms with Gasteiger partial charge in [0, 0.05) is 25.8 Å². The second-order valence-electron chi connectivity index (χ2n) is 6.86. The molecule has 0 saturated heterocycles. The SMILES string of the molecule is COCCCn1c(=S)[nH]c2cc(C(=O)NC(C)c3ccc(Cl)c(Cl)c3)ccc2c1=O. The summed E-state index contributed by atoms with van der Waals surface area (Å²) in [5.74, 6) is -0.279. The molecule has 158 valence electrons. The summed E-state index contributed by atoms with van der Waals surface area (Å²) in [6, 6.07) is 9.82. The molecule has 2 N–H and O–H groups in total. The van der Waals surface area contributed by atoms with Crippen molar-refractivity contribution >= 4 is 52.2 Å². The molecule has 0 fully saturated rings. The highest BCUT2D eigenvalue weighted by Gasteiger charge is 2.14. The lowest BCUT2D eigenvalue weighted by Crippen LogP contribution is -2.27. The van der Waals surface area contributed by atoms with Gasteiger partial charge in [-0.15, -0.1) is 0 Å². The molecule has 0 spiro atoms. The van der Waals surface area contributed by atoms with Crippen molar-refractivity contribution < 1.29 is 9.53 Å². The van der Waals surface area contributed by atoms with Crippen LogP contribution in [0.4, 0.5) is 0 Å². The second kappa shape index (κ2) is 9.75. The third-order valence-corrected chi connectivity index (χ3v) is 5.83. The molecule has 0 saturated carbocycles. The molecule has 0 aliphatic rings. The van der Waals surface area contributed by atoms with E-state index >= 15 is 0 Å². The number of halogens is 2. The highest BCUT2D eigenvalue weighted by Crippen LogP contribution is 2.25. The average Bonchev–Trinajstić information content (AvgIpc) is 2.72.